The van der Waals surface area contributed by atoms with Crippen LogP contribution in [0.4, 0.5) is 5.69 Å². The highest BCUT2D eigenvalue weighted by atomic mass is 16.1. The molecule has 1 aliphatic rings. The highest BCUT2D eigenvalue weighted by Crippen LogP contribution is 2.27. The van der Waals surface area contributed by atoms with Crippen molar-refractivity contribution in [2.45, 2.75) is 46.5 Å². The molecule has 0 atom stereocenters. The van der Waals surface area contributed by atoms with Gasteiger partial charge in [0, 0.05) is 32.1 Å². The van der Waals surface area contributed by atoms with Gasteiger partial charge in [0.1, 0.15) is 5.78 Å². The van der Waals surface area contributed by atoms with Crippen molar-refractivity contribution in [1.29, 1.82) is 0 Å². The molecule has 0 heterocycles. The monoisotopic (exact) mass is 259 g/mol. The number of carbonyl (C=O) groups excluding carboxylic acids is 1. The number of anilines is 1. The molecule has 0 N–H and O–H groups in total. The number of nitrogens with zero attached hydrogens (tertiary/aromatic N) is 1. The fourth-order valence-corrected chi connectivity index (χ4v) is 3.02. The van der Waals surface area contributed by atoms with Crippen LogP contribution < -0.4 is 4.90 Å². The minimum absolute atomic E-state index is 0.446. The summed E-state index contributed by atoms with van der Waals surface area (Å²) in [6, 6.07) is 4.56. The molecular formula is C17H25NO. The number of Topliss-reactive ketones (excluding diaryl/α,β-unsaturated/α-hetero) is 1. The maximum atomic E-state index is 11.3. The van der Waals surface area contributed by atoms with E-state index in [1.54, 1.807) is 0 Å². The maximum absolute atomic E-state index is 11.3. The topological polar surface area (TPSA) is 20.3 Å². The van der Waals surface area contributed by atoms with Crippen LogP contribution in [0.25, 0.3) is 0 Å². The van der Waals surface area contributed by atoms with E-state index in [2.05, 4.69) is 44.9 Å². The summed E-state index contributed by atoms with van der Waals surface area (Å²) < 4.78 is 0. The largest absolute Gasteiger partial charge is 0.374 e. The second-order valence-corrected chi connectivity index (χ2v) is 6.09. The van der Waals surface area contributed by atoms with Gasteiger partial charge in [0.15, 0.2) is 0 Å². The summed E-state index contributed by atoms with van der Waals surface area (Å²) in [5.74, 6) is 1.12. The van der Waals surface area contributed by atoms with Gasteiger partial charge in [0.05, 0.1) is 0 Å². The lowest BCUT2D eigenvalue weighted by molar-refractivity contribution is -0.120. The Kier molecular flexibility index (Phi) is 4.28. The zero-order valence-corrected chi connectivity index (χ0v) is 12.6. The van der Waals surface area contributed by atoms with E-state index in [1.165, 1.54) is 22.4 Å². The van der Waals surface area contributed by atoms with E-state index in [9.17, 15) is 4.79 Å². The summed E-state index contributed by atoms with van der Waals surface area (Å²) in [5.41, 5.74) is 5.39. The van der Waals surface area contributed by atoms with Crippen molar-refractivity contribution in [3.05, 3.63) is 28.8 Å². The van der Waals surface area contributed by atoms with Gasteiger partial charge in [-0.05, 0) is 62.3 Å². The van der Waals surface area contributed by atoms with E-state index >= 15 is 0 Å². The van der Waals surface area contributed by atoms with Gasteiger partial charge in [0.25, 0.3) is 0 Å². The van der Waals surface area contributed by atoms with Crippen LogP contribution in [0.5, 0.6) is 0 Å². The van der Waals surface area contributed by atoms with Crippen LogP contribution >= 0.6 is 0 Å². The van der Waals surface area contributed by atoms with Crippen molar-refractivity contribution in [2.24, 2.45) is 5.92 Å². The molecule has 2 heteroatoms. The molecule has 1 saturated carbocycles. The van der Waals surface area contributed by atoms with Crippen LogP contribution in [0.1, 0.15) is 42.4 Å². The van der Waals surface area contributed by atoms with Crippen molar-refractivity contribution in [1.82, 2.24) is 0 Å². The molecule has 0 aliphatic heterocycles. The molecule has 19 heavy (non-hydrogen) atoms. The van der Waals surface area contributed by atoms with Crippen LogP contribution in [0.3, 0.4) is 0 Å². The van der Waals surface area contributed by atoms with Crippen molar-refractivity contribution < 1.29 is 4.79 Å². The van der Waals surface area contributed by atoms with Gasteiger partial charge >= 0.3 is 0 Å². The maximum Gasteiger partial charge on any atom is 0.132 e. The van der Waals surface area contributed by atoms with E-state index in [4.69, 9.17) is 0 Å². The Labute approximate surface area is 116 Å². The molecule has 0 saturated heterocycles. The molecule has 1 fully saturated rings. The predicted octanol–water partition coefficient (Wildman–Crippen LogP) is 3.81. The first-order valence-corrected chi connectivity index (χ1v) is 7.28. The predicted molar refractivity (Wildman–Crippen MR) is 80.9 cm³/mol. The average Bonchev–Trinajstić information content (AvgIpc) is 2.36. The first kappa shape index (κ1) is 14.1. The lowest BCUT2D eigenvalue weighted by Crippen LogP contribution is -2.29. The zero-order chi connectivity index (χ0) is 14.0. The standard InChI is InChI=1S/C17H25NO/c1-12-9-14(3)17(10-13(12)2)18(4)11-15-5-7-16(19)8-6-15/h9-10,15H,5-8,11H2,1-4H3. The third kappa shape index (κ3) is 3.37. The Balaban J connectivity index is 2.05. The number of aryl methyl sites for hydroxylation is 3. The molecule has 104 valence electrons. The molecule has 2 nitrogen and oxygen atoms in total. The lowest BCUT2D eigenvalue weighted by atomic mass is 9.88. The lowest BCUT2D eigenvalue weighted by Gasteiger charge is -2.29. The zero-order valence-electron chi connectivity index (χ0n) is 12.6. The third-order valence-electron chi connectivity index (χ3n) is 4.42. The molecule has 1 aliphatic carbocycles. The quantitative estimate of drug-likeness (QED) is 0.822. The highest BCUT2D eigenvalue weighted by molar-refractivity contribution is 5.79. The average molecular weight is 259 g/mol. The molecule has 0 bridgehead atoms. The molecule has 0 radical (unpaired) electrons. The SMILES string of the molecule is Cc1cc(C)c(N(C)CC2CCC(=O)CC2)cc1C. The van der Waals surface area contributed by atoms with Gasteiger partial charge in [-0.25, -0.2) is 0 Å². The normalized spacial score (nSPS) is 16.7. The summed E-state index contributed by atoms with van der Waals surface area (Å²) >= 11 is 0. The Morgan fingerprint density at radius 3 is 2.26 bits per heavy atom. The van der Waals surface area contributed by atoms with Crippen LogP contribution in [0.2, 0.25) is 0 Å². The number of carbonyl (C=O) groups is 1. The third-order valence-corrected chi connectivity index (χ3v) is 4.42. The Hall–Kier alpha value is -1.31. The molecule has 0 spiro atoms. The minimum atomic E-state index is 0.446. The van der Waals surface area contributed by atoms with Gasteiger partial charge in [-0.3, -0.25) is 4.79 Å². The van der Waals surface area contributed by atoms with Crippen molar-refractivity contribution in [3.8, 4) is 0 Å². The Morgan fingerprint density at radius 1 is 1.05 bits per heavy atom. The van der Waals surface area contributed by atoms with Gasteiger partial charge in [-0.1, -0.05) is 6.07 Å². The van der Waals surface area contributed by atoms with Crippen LogP contribution in [-0.4, -0.2) is 19.4 Å². The molecule has 0 aromatic heterocycles. The van der Waals surface area contributed by atoms with Gasteiger partial charge in [0.2, 0.25) is 0 Å². The number of hydrogen-bond acceptors (Lipinski definition) is 2. The van der Waals surface area contributed by atoms with E-state index < -0.39 is 0 Å². The second kappa shape index (κ2) is 5.77. The summed E-state index contributed by atoms with van der Waals surface area (Å²) in [4.78, 5) is 13.7. The van der Waals surface area contributed by atoms with Crippen LogP contribution in [0, 0.1) is 26.7 Å². The van der Waals surface area contributed by atoms with E-state index in [1.807, 2.05) is 0 Å². The summed E-state index contributed by atoms with van der Waals surface area (Å²) in [6.45, 7) is 7.59. The minimum Gasteiger partial charge on any atom is -0.374 e. The highest BCUT2D eigenvalue weighted by Gasteiger charge is 2.20. The fraction of sp³-hybridized carbons (Fsp3) is 0.588. The number of hydrogen-bond donors (Lipinski definition) is 0. The van der Waals surface area contributed by atoms with E-state index in [-0.39, 0.29) is 0 Å². The van der Waals surface area contributed by atoms with E-state index in [0.29, 0.717) is 11.7 Å². The van der Waals surface area contributed by atoms with Crippen molar-refractivity contribution >= 4 is 11.5 Å². The molecule has 1 aromatic rings. The molecule has 0 unspecified atom stereocenters. The number of benzene rings is 1. The van der Waals surface area contributed by atoms with Crippen LogP contribution in [-0.2, 0) is 4.79 Å². The van der Waals surface area contributed by atoms with E-state index in [0.717, 1.165) is 32.2 Å². The Bertz CT molecular complexity index is 468. The molecule has 1 aromatic carbocycles. The molecule has 2 rings (SSSR count). The fourth-order valence-electron chi connectivity index (χ4n) is 3.02. The summed E-state index contributed by atoms with van der Waals surface area (Å²) in [5, 5.41) is 0. The van der Waals surface area contributed by atoms with Gasteiger partial charge < -0.3 is 4.90 Å². The molecule has 0 amide bonds. The first-order valence-electron chi connectivity index (χ1n) is 7.28. The second-order valence-electron chi connectivity index (χ2n) is 6.09. The van der Waals surface area contributed by atoms with Crippen molar-refractivity contribution in [3.63, 3.8) is 0 Å². The smallest absolute Gasteiger partial charge is 0.132 e. The van der Waals surface area contributed by atoms with Crippen molar-refractivity contribution in [2.75, 3.05) is 18.5 Å². The summed E-state index contributed by atoms with van der Waals surface area (Å²) in [7, 11) is 2.17. The van der Waals surface area contributed by atoms with Gasteiger partial charge in [-0.15, -0.1) is 0 Å². The van der Waals surface area contributed by atoms with Crippen LogP contribution in [0.15, 0.2) is 12.1 Å². The number of rotatable bonds is 3. The number of ketones is 1. The Morgan fingerprint density at radius 2 is 1.63 bits per heavy atom. The molecular weight excluding hydrogens is 234 g/mol. The van der Waals surface area contributed by atoms with Gasteiger partial charge in [-0.2, -0.15) is 0 Å². The first-order chi connectivity index (χ1) is 8.97. The summed E-state index contributed by atoms with van der Waals surface area (Å²) in [6.07, 6.45) is 3.69.